The number of benzene rings is 1. The minimum Gasteiger partial charge on any atom is -0.463 e. The SMILES string of the molecule is C=CC(=O)OCCCCN1C(=C(C#N)C(=O)OCC)Oc2ccccc21. The van der Waals surface area contributed by atoms with Crippen LogP contribution < -0.4 is 9.64 Å². The van der Waals surface area contributed by atoms with E-state index in [-0.39, 0.29) is 24.7 Å². The maximum absolute atomic E-state index is 12.1. The van der Waals surface area contributed by atoms with Crippen molar-refractivity contribution in [3.63, 3.8) is 0 Å². The third kappa shape index (κ3) is 4.42. The van der Waals surface area contributed by atoms with Gasteiger partial charge in [0.15, 0.2) is 11.3 Å². The van der Waals surface area contributed by atoms with Crippen molar-refractivity contribution in [1.29, 1.82) is 5.26 Å². The van der Waals surface area contributed by atoms with Gasteiger partial charge in [-0.3, -0.25) is 0 Å². The van der Waals surface area contributed by atoms with Crippen molar-refractivity contribution in [3.8, 4) is 11.8 Å². The normalized spacial score (nSPS) is 13.9. The Morgan fingerprint density at radius 3 is 2.77 bits per heavy atom. The Bertz CT molecular complexity index is 763. The molecule has 7 heteroatoms. The number of esters is 2. The first-order valence-corrected chi connectivity index (χ1v) is 8.27. The van der Waals surface area contributed by atoms with E-state index in [4.69, 9.17) is 14.2 Å². The number of anilines is 1. The molecule has 0 saturated heterocycles. The minimum absolute atomic E-state index is 0.162. The van der Waals surface area contributed by atoms with Gasteiger partial charge in [0.25, 0.3) is 0 Å². The van der Waals surface area contributed by atoms with Crippen molar-refractivity contribution in [2.45, 2.75) is 19.8 Å². The third-order valence-electron chi connectivity index (χ3n) is 3.60. The standard InChI is InChI=1S/C19H20N2O5/c1-3-17(22)25-12-8-7-11-21-15-9-5-6-10-16(15)26-18(21)14(13-20)19(23)24-4-2/h3,5-6,9-10H,1,4,7-8,11-12H2,2H3. The predicted octanol–water partition coefficient (Wildman–Crippen LogP) is 2.69. The van der Waals surface area contributed by atoms with Crippen LogP contribution in [-0.2, 0) is 19.1 Å². The number of fused-ring (bicyclic) bond motifs is 1. The van der Waals surface area contributed by atoms with E-state index < -0.39 is 11.9 Å². The summed E-state index contributed by atoms with van der Waals surface area (Å²) in [6.07, 6.45) is 2.39. The van der Waals surface area contributed by atoms with Crippen molar-refractivity contribution in [2.75, 3.05) is 24.7 Å². The lowest BCUT2D eigenvalue weighted by Gasteiger charge is -2.19. The van der Waals surface area contributed by atoms with Crippen LogP contribution in [0.15, 0.2) is 48.4 Å². The number of rotatable bonds is 8. The zero-order chi connectivity index (χ0) is 18.9. The number of nitrogens with zero attached hydrogens (tertiary/aromatic N) is 2. The third-order valence-corrected chi connectivity index (χ3v) is 3.60. The summed E-state index contributed by atoms with van der Waals surface area (Å²) < 4.78 is 15.6. The summed E-state index contributed by atoms with van der Waals surface area (Å²) in [7, 11) is 0. The number of carbonyl (C=O) groups excluding carboxylic acids is 2. The van der Waals surface area contributed by atoms with Crippen LogP contribution in [0.4, 0.5) is 5.69 Å². The molecule has 1 heterocycles. The van der Waals surface area contributed by atoms with Crippen molar-refractivity contribution >= 4 is 17.6 Å². The molecule has 0 fully saturated rings. The van der Waals surface area contributed by atoms with Crippen LogP contribution in [0.5, 0.6) is 5.75 Å². The summed E-state index contributed by atoms with van der Waals surface area (Å²) in [6, 6.07) is 9.15. The zero-order valence-electron chi connectivity index (χ0n) is 14.6. The van der Waals surface area contributed by atoms with Crippen LogP contribution >= 0.6 is 0 Å². The van der Waals surface area contributed by atoms with Crippen LogP contribution in [0.25, 0.3) is 0 Å². The predicted molar refractivity (Wildman–Crippen MR) is 94.1 cm³/mol. The van der Waals surface area contributed by atoms with Gasteiger partial charge in [-0.1, -0.05) is 18.7 Å². The number of hydrogen-bond donors (Lipinski definition) is 0. The second-order valence-electron chi connectivity index (χ2n) is 5.31. The Hall–Kier alpha value is -3.27. The summed E-state index contributed by atoms with van der Waals surface area (Å²) in [4.78, 5) is 24.9. The first-order valence-electron chi connectivity index (χ1n) is 8.27. The van der Waals surface area contributed by atoms with E-state index in [0.29, 0.717) is 25.1 Å². The van der Waals surface area contributed by atoms with E-state index in [0.717, 1.165) is 11.8 Å². The molecule has 0 aliphatic carbocycles. The Balaban J connectivity index is 2.15. The monoisotopic (exact) mass is 356 g/mol. The molecule has 0 spiro atoms. The molecule has 0 atom stereocenters. The van der Waals surface area contributed by atoms with Gasteiger partial charge in [-0.15, -0.1) is 0 Å². The fraction of sp³-hybridized carbons (Fsp3) is 0.316. The Morgan fingerprint density at radius 2 is 2.08 bits per heavy atom. The summed E-state index contributed by atoms with van der Waals surface area (Å²) >= 11 is 0. The summed E-state index contributed by atoms with van der Waals surface area (Å²) in [5, 5.41) is 9.40. The first-order chi connectivity index (χ1) is 12.6. The lowest BCUT2D eigenvalue weighted by molar-refractivity contribution is -0.139. The maximum atomic E-state index is 12.1. The molecule has 0 bridgehead atoms. The number of carbonyl (C=O) groups is 2. The van der Waals surface area contributed by atoms with Gasteiger partial charge in [-0.2, -0.15) is 5.26 Å². The highest BCUT2D eigenvalue weighted by molar-refractivity contribution is 5.94. The molecule has 0 aromatic heterocycles. The second-order valence-corrected chi connectivity index (χ2v) is 5.31. The lowest BCUT2D eigenvalue weighted by Crippen LogP contribution is -2.25. The highest BCUT2D eigenvalue weighted by Gasteiger charge is 2.32. The van der Waals surface area contributed by atoms with E-state index in [1.807, 2.05) is 24.3 Å². The molecule has 0 amide bonds. The van der Waals surface area contributed by atoms with E-state index in [9.17, 15) is 14.9 Å². The minimum atomic E-state index is -0.720. The Morgan fingerprint density at radius 1 is 1.31 bits per heavy atom. The molecule has 136 valence electrons. The molecule has 0 N–H and O–H groups in total. The number of unbranched alkanes of at least 4 members (excludes halogenated alkanes) is 1. The maximum Gasteiger partial charge on any atom is 0.354 e. The largest absolute Gasteiger partial charge is 0.463 e. The first kappa shape index (κ1) is 19.1. The average Bonchev–Trinajstić information content (AvgIpc) is 3.00. The van der Waals surface area contributed by atoms with Gasteiger partial charge in [-0.25, -0.2) is 9.59 Å². The number of ether oxygens (including phenoxy) is 3. The molecule has 1 aromatic rings. The van der Waals surface area contributed by atoms with Crippen LogP contribution in [0.2, 0.25) is 0 Å². The Labute approximate surface area is 152 Å². The Kier molecular flexibility index (Phi) is 6.80. The van der Waals surface area contributed by atoms with Crippen LogP contribution in [-0.4, -0.2) is 31.7 Å². The van der Waals surface area contributed by atoms with Crippen molar-refractivity contribution < 1.29 is 23.8 Å². The molecule has 1 aliphatic rings. The van der Waals surface area contributed by atoms with E-state index in [1.54, 1.807) is 17.9 Å². The molecule has 0 saturated carbocycles. The summed E-state index contributed by atoms with van der Waals surface area (Å²) in [5.41, 5.74) is 0.587. The molecule has 0 unspecified atom stereocenters. The topological polar surface area (TPSA) is 88.9 Å². The number of para-hydroxylation sites is 2. The van der Waals surface area contributed by atoms with E-state index in [2.05, 4.69) is 6.58 Å². The molecule has 1 aliphatic heterocycles. The van der Waals surface area contributed by atoms with Gasteiger partial charge < -0.3 is 19.1 Å². The highest BCUT2D eigenvalue weighted by Crippen LogP contribution is 2.39. The molecule has 1 aromatic carbocycles. The average molecular weight is 356 g/mol. The van der Waals surface area contributed by atoms with Crippen LogP contribution in [0, 0.1) is 11.3 Å². The lowest BCUT2D eigenvalue weighted by atomic mass is 10.2. The molecule has 2 rings (SSSR count). The fourth-order valence-electron chi connectivity index (χ4n) is 2.43. The van der Waals surface area contributed by atoms with E-state index >= 15 is 0 Å². The van der Waals surface area contributed by atoms with Crippen molar-refractivity contribution in [2.24, 2.45) is 0 Å². The van der Waals surface area contributed by atoms with Gasteiger partial charge in [0, 0.05) is 12.6 Å². The molecule has 0 radical (unpaired) electrons. The number of nitriles is 1. The fourth-order valence-corrected chi connectivity index (χ4v) is 2.43. The zero-order valence-corrected chi connectivity index (χ0v) is 14.6. The molecule has 7 nitrogen and oxygen atoms in total. The van der Waals surface area contributed by atoms with Gasteiger partial charge in [-0.05, 0) is 31.9 Å². The quantitative estimate of drug-likeness (QED) is 0.306. The van der Waals surface area contributed by atoms with Gasteiger partial charge in [0.1, 0.15) is 6.07 Å². The van der Waals surface area contributed by atoms with Crippen molar-refractivity contribution in [1.82, 2.24) is 0 Å². The van der Waals surface area contributed by atoms with Crippen LogP contribution in [0.3, 0.4) is 0 Å². The highest BCUT2D eigenvalue weighted by atomic mass is 16.5. The van der Waals surface area contributed by atoms with Gasteiger partial charge in [0.05, 0.1) is 18.9 Å². The second kappa shape index (κ2) is 9.28. The van der Waals surface area contributed by atoms with Gasteiger partial charge >= 0.3 is 11.9 Å². The summed E-state index contributed by atoms with van der Waals surface area (Å²) in [6.45, 7) is 5.93. The van der Waals surface area contributed by atoms with Gasteiger partial charge in [0.2, 0.25) is 5.88 Å². The van der Waals surface area contributed by atoms with Crippen molar-refractivity contribution in [3.05, 3.63) is 48.4 Å². The van der Waals surface area contributed by atoms with Crippen LogP contribution in [0.1, 0.15) is 19.8 Å². The number of hydrogen-bond acceptors (Lipinski definition) is 7. The molecule has 26 heavy (non-hydrogen) atoms. The molecular formula is C19H20N2O5. The van der Waals surface area contributed by atoms with E-state index in [1.165, 1.54) is 0 Å². The summed E-state index contributed by atoms with van der Waals surface area (Å²) in [5.74, 6) is -0.454. The smallest absolute Gasteiger partial charge is 0.354 e. The molecular weight excluding hydrogens is 336 g/mol.